The van der Waals surface area contributed by atoms with E-state index in [0.717, 1.165) is 23.0 Å². The summed E-state index contributed by atoms with van der Waals surface area (Å²) in [6.07, 6.45) is 3.12. The average Bonchev–Trinajstić information content (AvgIpc) is 2.81. The predicted molar refractivity (Wildman–Crippen MR) is 141 cm³/mol. The van der Waals surface area contributed by atoms with Crippen LogP contribution in [0.3, 0.4) is 0 Å². The maximum Gasteiger partial charge on any atom is 0.255 e. The van der Waals surface area contributed by atoms with Crippen LogP contribution in [0.1, 0.15) is 89.1 Å². The van der Waals surface area contributed by atoms with Crippen molar-refractivity contribution in [1.82, 2.24) is 0 Å². The molecule has 0 bridgehead atoms. The lowest BCUT2D eigenvalue weighted by molar-refractivity contribution is 0.102. The molecule has 1 N–H and O–H groups in total. The topological polar surface area (TPSA) is 46.2 Å². The normalized spacial score (nSPS) is 15.8. The van der Waals surface area contributed by atoms with E-state index in [9.17, 15) is 9.59 Å². The monoisotopic (exact) mass is 451 g/mol. The number of hydrogen-bond acceptors (Lipinski definition) is 2. The van der Waals surface area contributed by atoms with E-state index in [4.69, 9.17) is 0 Å². The molecular formula is C31H33NO2. The second kappa shape index (κ2) is 8.72. The zero-order chi connectivity index (χ0) is 24.7. The highest BCUT2D eigenvalue weighted by molar-refractivity contribution is 6.04. The highest BCUT2D eigenvalue weighted by atomic mass is 16.1. The van der Waals surface area contributed by atoms with E-state index in [-0.39, 0.29) is 16.7 Å². The Kier molecular flexibility index (Phi) is 6.07. The molecule has 0 saturated carbocycles. The number of aldehydes is 1. The van der Waals surface area contributed by atoms with Crippen LogP contribution in [0.5, 0.6) is 0 Å². The van der Waals surface area contributed by atoms with Crippen molar-refractivity contribution in [1.29, 1.82) is 0 Å². The van der Waals surface area contributed by atoms with Gasteiger partial charge >= 0.3 is 0 Å². The lowest BCUT2D eigenvalue weighted by Gasteiger charge is -2.42. The highest BCUT2D eigenvalue weighted by Gasteiger charge is 2.37. The fraction of sp³-hybridized carbons (Fsp3) is 0.290. The largest absolute Gasteiger partial charge is 0.322 e. The summed E-state index contributed by atoms with van der Waals surface area (Å²) in [7, 11) is 0. The number of nitrogens with one attached hydrogen (secondary N) is 1. The lowest BCUT2D eigenvalue weighted by atomic mass is 9.62. The summed E-state index contributed by atoms with van der Waals surface area (Å²) in [4.78, 5) is 23.7. The Morgan fingerprint density at radius 1 is 0.882 bits per heavy atom. The van der Waals surface area contributed by atoms with Crippen LogP contribution in [0.15, 0.2) is 67.2 Å². The van der Waals surface area contributed by atoms with Gasteiger partial charge in [0.1, 0.15) is 6.29 Å². The molecule has 3 aromatic carbocycles. The van der Waals surface area contributed by atoms with Crippen LogP contribution < -0.4 is 5.32 Å². The summed E-state index contributed by atoms with van der Waals surface area (Å²) in [5.74, 6) is -0.214. The van der Waals surface area contributed by atoms with Gasteiger partial charge in [0, 0.05) is 16.8 Å². The number of rotatable bonds is 5. The number of benzene rings is 3. The van der Waals surface area contributed by atoms with Crippen LogP contribution in [-0.4, -0.2) is 12.2 Å². The van der Waals surface area contributed by atoms with Crippen molar-refractivity contribution in [3.8, 4) is 0 Å². The van der Waals surface area contributed by atoms with Crippen molar-refractivity contribution in [2.45, 2.75) is 58.3 Å². The van der Waals surface area contributed by atoms with E-state index in [1.54, 1.807) is 24.3 Å². The second-order valence-corrected chi connectivity index (χ2v) is 10.7. The summed E-state index contributed by atoms with van der Waals surface area (Å²) in [5.41, 5.74) is 9.20. The molecule has 0 radical (unpaired) electrons. The highest BCUT2D eigenvalue weighted by Crippen LogP contribution is 2.47. The van der Waals surface area contributed by atoms with Crippen LogP contribution in [0.2, 0.25) is 0 Å². The van der Waals surface area contributed by atoms with Gasteiger partial charge in [-0.15, -0.1) is 0 Å². The number of hydrogen-bond donors (Lipinski definition) is 1. The van der Waals surface area contributed by atoms with Crippen molar-refractivity contribution in [2.24, 2.45) is 0 Å². The van der Waals surface area contributed by atoms with Gasteiger partial charge in [0.25, 0.3) is 5.91 Å². The average molecular weight is 452 g/mol. The SMILES string of the molecule is C=C(c1ccc(C(=O)Nc2cccc(C=O)c2)cc1)c1cc2c(cc1C)C(C)(C)CCC2(C)C. The molecule has 0 saturated heterocycles. The van der Waals surface area contributed by atoms with E-state index in [0.29, 0.717) is 16.8 Å². The van der Waals surface area contributed by atoms with Gasteiger partial charge in [-0.1, -0.05) is 70.7 Å². The minimum Gasteiger partial charge on any atom is -0.322 e. The summed E-state index contributed by atoms with van der Waals surface area (Å²) in [5, 5.41) is 2.85. The summed E-state index contributed by atoms with van der Waals surface area (Å²) < 4.78 is 0. The van der Waals surface area contributed by atoms with E-state index >= 15 is 0 Å². The molecule has 0 atom stereocenters. The molecular weight excluding hydrogens is 418 g/mol. The van der Waals surface area contributed by atoms with Gasteiger partial charge in [0.2, 0.25) is 0 Å². The number of aryl methyl sites for hydroxylation is 1. The first-order valence-corrected chi connectivity index (χ1v) is 11.8. The number of carbonyl (C=O) groups is 2. The van der Waals surface area contributed by atoms with Crippen molar-refractivity contribution < 1.29 is 9.59 Å². The zero-order valence-electron chi connectivity index (χ0n) is 20.8. The predicted octanol–water partition coefficient (Wildman–Crippen LogP) is 7.47. The maximum absolute atomic E-state index is 12.7. The van der Waals surface area contributed by atoms with Crippen molar-refractivity contribution in [2.75, 3.05) is 5.32 Å². The number of amides is 1. The number of fused-ring (bicyclic) bond motifs is 1. The minimum absolute atomic E-state index is 0.136. The minimum atomic E-state index is -0.214. The molecule has 0 aliphatic heterocycles. The van der Waals surface area contributed by atoms with Gasteiger partial charge < -0.3 is 5.32 Å². The van der Waals surface area contributed by atoms with Crippen molar-refractivity contribution in [3.63, 3.8) is 0 Å². The molecule has 174 valence electrons. The van der Waals surface area contributed by atoms with E-state index < -0.39 is 0 Å². The Bertz CT molecular complexity index is 1280. The fourth-order valence-corrected chi connectivity index (χ4v) is 4.92. The number of anilines is 1. The molecule has 1 amide bonds. The van der Waals surface area contributed by atoms with E-state index in [1.165, 1.54) is 29.5 Å². The molecule has 4 rings (SSSR count). The van der Waals surface area contributed by atoms with E-state index in [1.807, 2.05) is 24.3 Å². The van der Waals surface area contributed by atoms with Gasteiger partial charge in [-0.2, -0.15) is 0 Å². The van der Waals surface area contributed by atoms with Crippen LogP contribution >= 0.6 is 0 Å². The molecule has 34 heavy (non-hydrogen) atoms. The second-order valence-electron chi connectivity index (χ2n) is 10.7. The summed E-state index contributed by atoms with van der Waals surface area (Å²) in [6, 6.07) is 19.1. The Morgan fingerprint density at radius 2 is 1.47 bits per heavy atom. The first-order chi connectivity index (χ1) is 16.0. The van der Waals surface area contributed by atoms with Crippen LogP contribution in [0.4, 0.5) is 5.69 Å². The molecule has 0 spiro atoms. The van der Waals surface area contributed by atoms with Crippen LogP contribution in [-0.2, 0) is 10.8 Å². The molecule has 1 aliphatic rings. The van der Waals surface area contributed by atoms with Gasteiger partial charge in [-0.25, -0.2) is 0 Å². The molecule has 3 nitrogen and oxygen atoms in total. The molecule has 0 aromatic heterocycles. The quantitative estimate of drug-likeness (QED) is 0.409. The maximum atomic E-state index is 12.7. The summed E-state index contributed by atoms with van der Waals surface area (Å²) in [6.45, 7) is 15.9. The van der Waals surface area contributed by atoms with Crippen LogP contribution in [0, 0.1) is 6.92 Å². The smallest absolute Gasteiger partial charge is 0.255 e. The number of carbonyl (C=O) groups excluding carboxylic acids is 2. The lowest BCUT2D eigenvalue weighted by Crippen LogP contribution is -2.34. The van der Waals surface area contributed by atoms with Gasteiger partial charge in [-0.3, -0.25) is 9.59 Å². The first-order valence-electron chi connectivity index (χ1n) is 11.8. The molecule has 3 aromatic rings. The molecule has 1 aliphatic carbocycles. The standard InChI is InChI=1S/C31H33NO2/c1-20-16-27-28(31(5,6)15-14-30(27,3)4)18-26(20)21(2)23-10-12-24(13-11-23)29(34)32-25-9-7-8-22(17-25)19-33/h7-13,16-19H,2,14-15H2,1,3-6H3,(H,32,34). The Balaban J connectivity index is 1.59. The first kappa shape index (κ1) is 23.7. The molecule has 0 fully saturated rings. The van der Waals surface area contributed by atoms with Crippen LogP contribution in [0.25, 0.3) is 5.57 Å². The third-order valence-corrected chi connectivity index (χ3v) is 7.30. The van der Waals surface area contributed by atoms with Crippen molar-refractivity contribution >= 4 is 23.5 Å². The van der Waals surface area contributed by atoms with Crippen molar-refractivity contribution in [3.05, 3.63) is 106 Å². The van der Waals surface area contributed by atoms with Gasteiger partial charge in [0.05, 0.1) is 0 Å². The molecule has 0 heterocycles. The molecule has 0 unspecified atom stereocenters. The van der Waals surface area contributed by atoms with E-state index in [2.05, 4.69) is 58.6 Å². The third kappa shape index (κ3) is 4.48. The Morgan fingerprint density at radius 3 is 2.09 bits per heavy atom. The summed E-state index contributed by atoms with van der Waals surface area (Å²) >= 11 is 0. The third-order valence-electron chi connectivity index (χ3n) is 7.30. The fourth-order valence-electron chi connectivity index (χ4n) is 4.92. The van der Waals surface area contributed by atoms with Gasteiger partial charge in [0.15, 0.2) is 0 Å². The zero-order valence-corrected chi connectivity index (χ0v) is 20.8. The molecule has 3 heteroatoms. The Labute approximate surface area is 202 Å². The van der Waals surface area contributed by atoms with Gasteiger partial charge in [-0.05, 0) is 88.3 Å². The Hall–Kier alpha value is -3.46.